The molecule has 1 amide bonds. The summed E-state index contributed by atoms with van der Waals surface area (Å²) in [5.41, 5.74) is 2.89. The molecule has 0 aromatic heterocycles. The number of benzene rings is 1. The number of hydrazine groups is 1. The van der Waals surface area contributed by atoms with Crippen molar-refractivity contribution >= 4 is 17.3 Å². The zero-order chi connectivity index (χ0) is 14.9. The number of nitro benzene ring substituents is 1. The van der Waals surface area contributed by atoms with E-state index in [4.69, 9.17) is 5.84 Å². The Balaban J connectivity index is 2.22. The summed E-state index contributed by atoms with van der Waals surface area (Å²) < 4.78 is 0. The maximum atomic E-state index is 12.4. The summed E-state index contributed by atoms with van der Waals surface area (Å²) >= 11 is 0. The van der Waals surface area contributed by atoms with E-state index in [-0.39, 0.29) is 17.2 Å². The molecule has 0 heterocycles. The molecule has 2 rings (SSSR count). The van der Waals surface area contributed by atoms with Gasteiger partial charge in [-0.2, -0.15) is 0 Å². The summed E-state index contributed by atoms with van der Waals surface area (Å²) in [7, 11) is 1.70. The van der Waals surface area contributed by atoms with Crippen molar-refractivity contribution in [3.63, 3.8) is 0 Å². The predicted octanol–water partition coefficient (Wildman–Crippen LogP) is 1.61. The fourth-order valence-corrected chi connectivity index (χ4v) is 2.24. The molecule has 2 unspecified atom stereocenters. The van der Waals surface area contributed by atoms with Crippen LogP contribution in [0.4, 0.5) is 11.4 Å². The lowest BCUT2D eigenvalue weighted by Crippen LogP contribution is -2.30. The summed E-state index contributed by atoms with van der Waals surface area (Å²) in [6.07, 6.45) is 1.12. The molecule has 0 bridgehead atoms. The highest BCUT2D eigenvalue weighted by Gasteiger charge is 2.34. The molecule has 1 aliphatic rings. The number of nitro groups is 1. The Morgan fingerprint density at radius 2 is 2.25 bits per heavy atom. The molecule has 20 heavy (non-hydrogen) atoms. The number of amides is 1. The standard InChI is InChI=1S/C13H18N4O3/c1-8-5-9(8)7-16(2)13(18)11-6-10(17(19)20)3-4-12(11)15-14/h3-4,6,8-9,15H,5,7,14H2,1-2H3. The quantitative estimate of drug-likeness (QED) is 0.484. The van der Waals surface area contributed by atoms with Crippen LogP contribution in [0.1, 0.15) is 23.7 Å². The number of carbonyl (C=O) groups excluding carboxylic acids is 1. The van der Waals surface area contributed by atoms with Crippen LogP contribution in [0.3, 0.4) is 0 Å². The summed E-state index contributed by atoms with van der Waals surface area (Å²) in [4.78, 5) is 24.2. The van der Waals surface area contributed by atoms with Crippen molar-refractivity contribution in [2.24, 2.45) is 17.7 Å². The molecule has 1 aromatic carbocycles. The summed E-state index contributed by atoms with van der Waals surface area (Å²) in [6, 6.07) is 4.01. The number of non-ortho nitro benzene ring substituents is 1. The monoisotopic (exact) mass is 278 g/mol. The van der Waals surface area contributed by atoms with Gasteiger partial charge in [0.1, 0.15) is 0 Å². The SMILES string of the molecule is CC1CC1CN(C)C(=O)c1cc([N+](=O)[O-])ccc1NN. The van der Waals surface area contributed by atoms with E-state index in [0.29, 0.717) is 24.1 Å². The van der Waals surface area contributed by atoms with E-state index in [1.807, 2.05) is 0 Å². The zero-order valence-electron chi connectivity index (χ0n) is 11.5. The molecule has 0 radical (unpaired) electrons. The van der Waals surface area contributed by atoms with Crippen LogP contribution in [-0.2, 0) is 0 Å². The lowest BCUT2D eigenvalue weighted by atomic mass is 10.1. The highest BCUT2D eigenvalue weighted by atomic mass is 16.6. The first-order valence-electron chi connectivity index (χ1n) is 6.44. The molecule has 108 valence electrons. The minimum atomic E-state index is -0.528. The minimum Gasteiger partial charge on any atom is -0.341 e. The number of carbonyl (C=O) groups is 1. The van der Waals surface area contributed by atoms with E-state index in [0.717, 1.165) is 6.42 Å². The van der Waals surface area contributed by atoms with Gasteiger partial charge < -0.3 is 10.3 Å². The number of anilines is 1. The van der Waals surface area contributed by atoms with Gasteiger partial charge in [0.15, 0.2) is 0 Å². The van der Waals surface area contributed by atoms with Crippen molar-refractivity contribution in [3.05, 3.63) is 33.9 Å². The van der Waals surface area contributed by atoms with Crippen molar-refractivity contribution in [1.82, 2.24) is 4.90 Å². The third kappa shape index (κ3) is 2.88. The number of nitrogens with zero attached hydrogens (tertiary/aromatic N) is 2. The van der Waals surface area contributed by atoms with Crippen LogP contribution in [0, 0.1) is 22.0 Å². The number of rotatable bonds is 5. The van der Waals surface area contributed by atoms with Crippen LogP contribution in [0.5, 0.6) is 0 Å². The average molecular weight is 278 g/mol. The largest absolute Gasteiger partial charge is 0.341 e. The smallest absolute Gasteiger partial charge is 0.270 e. The second-order valence-electron chi connectivity index (χ2n) is 5.29. The topological polar surface area (TPSA) is 102 Å². The zero-order valence-corrected chi connectivity index (χ0v) is 11.5. The Kier molecular flexibility index (Phi) is 3.89. The van der Waals surface area contributed by atoms with Gasteiger partial charge >= 0.3 is 0 Å². The van der Waals surface area contributed by atoms with Crippen LogP contribution in [0.15, 0.2) is 18.2 Å². The number of nitrogens with two attached hydrogens (primary N) is 1. The van der Waals surface area contributed by atoms with Gasteiger partial charge in [0.25, 0.3) is 11.6 Å². The van der Waals surface area contributed by atoms with Gasteiger partial charge in [-0.25, -0.2) is 0 Å². The van der Waals surface area contributed by atoms with Crippen molar-refractivity contribution < 1.29 is 9.72 Å². The third-order valence-corrected chi connectivity index (χ3v) is 3.73. The Morgan fingerprint density at radius 3 is 2.75 bits per heavy atom. The van der Waals surface area contributed by atoms with Gasteiger partial charge in [0.2, 0.25) is 0 Å². The molecule has 7 heteroatoms. The van der Waals surface area contributed by atoms with Crippen LogP contribution >= 0.6 is 0 Å². The molecule has 3 N–H and O–H groups in total. The predicted molar refractivity (Wildman–Crippen MR) is 75.1 cm³/mol. The Bertz CT molecular complexity index is 546. The van der Waals surface area contributed by atoms with E-state index < -0.39 is 4.92 Å². The van der Waals surface area contributed by atoms with E-state index in [2.05, 4.69) is 12.3 Å². The average Bonchev–Trinajstić information content (AvgIpc) is 3.12. The van der Waals surface area contributed by atoms with Gasteiger partial charge in [0, 0.05) is 25.7 Å². The van der Waals surface area contributed by atoms with Gasteiger partial charge in [-0.3, -0.25) is 20.8 Å². The van der Waals surface area contributed by atoms with Gasteiger partial charge in [-0.05, 0) is 24.3 Å². The Hall–Kier alpha value is -2.15. The van der Waals surface area contributed by atoms with Crippen LogP contribution in [-0.4, -0.2) is 29.3 Å². The molecule has 0 aliphatic heterocycles. The van der Waals surface area contributed by atoms with Crippen LogP contribution < -0.4 is 11.3 Å². The van der Waals surface area contributed by atoms with E-state index in [1.54, 1.807) is 11.9 Å². The Morgan fingerprint density at radius 1 is 1.60 bits per heavy atom. The lowest BCUT2D eigenvalue weighted by molar-refractivity contribution is -0.384. The first kappa shape index (κ1) is 14.3. The number of nitrogen functional groups attached to an aromatic ring is 1. The van der Waals surface area contributed by atoms with Gasteiger partial charge in [-0.15, -0.1) is 0 Å². The van der Waals surface area contributed by atoms with Crippen molar-refractivity contribution in [2.75, 3.05) is 19.0 Å². The number of hydrogen-bond donors (Lipinski definition) is 2. The maximum Gasteiger partial charge on any atom is 0.270 e. The van der Waals surface area contributed by atoms with Gasteiger partial charge in [-0.1, -0.05) is 6.92 Å². The second-order valence-corrected chi connectivity index (χ2v) is 5.29. The van der Waals surface area contributed by atoms with Crippen molar-refractivity contribution in [3.8, 4) is 0 Å². The molecule has 1 fully saturated rings. The molecule has 2 atom stereocenters. The lowest BCUT2D eigenvalue weighted by Gasteiger charge is -2.18. The third-order valence-electron chi connectivity index (χ3n) is 3.73. The number of hydrogen-bond acceptors (Lipinski definition) is 5. The maximum absolute atomic E-state index is 12.4. The van der Waals surface area contributed by atoms with Crippen LogP contribution in [0.2, 0.25) is 0 Å². The first-order valence-corrected chi connectivity index (χ1v) is 6.44. The van der Waals surface area contributed by atoms with Crippen LogP contribution in [0.25, 0.3) is 0 Å². The van der Waals surface area contributed by atoms with E-state index in [1.165, 1.54) is 18.2 Å². The molecule has 0 spiro atoms. The first-order chi connectivity index (χ1) is 9.43. The van der Waals surface area contributed by atoms with E-state index >= 15 is 0 Å². The normalized spacial score (nSPS) is 20.4. The van der Waals surface area contributed by atoms with E-state index in [9.17, 15) is 14.9 Å². The van der Waals surface area contributed by atoms with Gasteiger partial charge in [0.05, 0.1) is 16.2 Å². The molecule has 1 aromatic rings. The van der Waals surface area contributed by atoms with Crippen molar-refractivity contribution in [2.45, 2.75) is 13.3 Å². The molecule has 0 saturated heterocycles. The summed E-state index contributed by atoms with van der Waals surface area (Å²) in [5.74, 6) is 6.26. The molecule has 1 saturated carbocycles. The highest BCUT2D eigenvalue weighted by Crippen LogP contribution is 2.38. The molecular formula is C13H18N4O3. The Labute approximate surface area is 116 Å². The molecule has 1 aliphatic carbocycles. The molecule has 7 nitrogen and oxygen atoms in total. The fourth-order valence-electron chi connectivity index (χ4n) is 2.24. The van der Waals surface area contributed by atoms with Crippen molar-refractivity contribution in [1.29, 1.82) is 0 Å². The second kappa shape index (κ2) is 5.46. The number of nitrogens with one attached hydrogen (secondary N) is 1. The summed E-state index contributed by atoms with van der Waals surface area (Å²) in [5, 5.41) is 10.8. The highest BCUT2D eigenvalue weighted by molar-refractivity contribution is 6.00. The fraction of sp³-hybridized carbons (Fsp3) is 0.462. The molecular weight excluding hydrogens is 260 g/mol. The summed E-state index contributed by atoms with van der Waals surface area (Å²) in [6.45, 7) is 2.80. The minimum absolute atomic E-state index is 0.125.